The first-order chi connectivity index (χ1) is 6.59. The van der Waals surface area contributed by atoms with Crippen molar-refractivity contribution in [1.82, 2.24) is 0 Å². The molecule has 0 bridgehead atoms. The lowest BCUT2D eigenvalue weighted by molar-refractivity contribution is 0.0996. The summed E-state index contributed by atoms with van der Waals surface area (Å²) >= 11 is 0. The van der Waals surface area contributed by atoms with E-state index in [4.69, 9.17) is 5.73 Å². The molecule has 2 N–H and O–H groups in total. The Balaban J connectivity index is 2.36. The molecule has 1 aliphatic rings. The normalized spacial score (nSPS) is 24.7. The zero-order chi connectivity index (χ0) is 10.3. The molecular weight excluding hydrogens is 181 g/mol. The van der Waals surface area contributed by atoms with Crippen molar-refractivity contribution in [3.8, 4) is 0 Å². The van der Waals surface area contributed by atoms with Crippen LogP contribution < -0.4 is 5.73 Å². The Bertz CT molecular complexity index is 389. The fourth-order valence-corrected chi connectivity index (χ4v) is 1.75. The summed E-state index contributed by atoms with van der Waals surface area (Å²) in [5.41, 5.74) is 6.08. The van der Waals surface area contributed by atoms with Gasteiger partial charge in [0.1, 0.15) is 5.82 Å². The third-order valence-corrected chi connectivity index (χ3v) is 2.79. The lowest BCUT2D eigenvalue weighted by Gasteiger charge is -2.02. The second-order valence-corrected chi connectivity index (χ2v) is 3.92. The minimum atomic E-state index is -0.697. The molecule has 0 heterocycles. The highest BCUT2D eigenvalue weighted by Crippen LogP contribution is 2.47. The highest BCUT2D eigenvalue weighted by Gasteiger charge is 2.34. The van der Waals surface area contributed by atoms with E-state index in [-0.39, 0.29) is 5.56 Å². The van der Waals surface area contributed by atoms with E-state index < -0.39 is 11.7 Å². The molecule has 0 unspecified atom stereocenters. The maximum absolute atomic E-state index is 13.1. The second-order valence-electron chi connectivity index (χ2n) is 3.92. The number of hydrogen-bond donors (Lipinski definition) is 1. The Morgan fingerprint density at radius 1 is 1.57 bits per heavy atom. The lowest BCUT2D eigenvalue weighted by atomic mass is 10.1. The van der Waals surface area contributed by atoms with Crippen molar-refractivity contribution in [1.29, 1.82) is 0 Å². The molecule has 2 atom stereocenters. The van der Waals surface area contributed by atoms with Crippen LogP contribution in [0.4, 0.5) is 4.39 Å². The summed E-state index contributed by atoms with van der Waals surface area (Å²) in [5, 5.41) is 0. The van der Waals surface area contributed by atoms with Crippen LogP contribution in [0.15, 0.2) is 18.2 Å². The maximum atomic E-state index is 13.1. The number of amides is 1. The summed E-state index contributed by atoms with van der Waals surface area (Å²) in [6, 6.07) is 4.63. The molecule has 0 aliphatic heterocycles. The molecule has 0 aromatic heterocycles. The molecule has 2 rings (SSSR count). The standard InChI is InChI=1S/C11H12FNO/c1-6-4-8(6)7-2-3-10(12)9(5-7)11(13)14/h2-3,5-6,8H,4H2,1H3,(H2,13,14)/t6-,8-/m1/s1. The van der Waals surface area contributed by atoms with Gasteiger partial charge in [0.25, 0.3) is 5.91 Å². The van der Waals surface area contributed by atoms with Crippen molar-refractivity contribution in [2.24, 2.45) is 11.7 Å². The largest absolute Gasteiger partial charge is 0.366 e. The Morgan fingerprint density at radius 3 is 2.71 bits per heavy atom. The molecular formula is C11H12FNO. The van der Waals surface area contributed by atoms with E-state index >= 15 is 0 Å². The first-order valence-corrected chi connectivity index (χ1v) is 4.69. The zero-order valence-corrected chi connectivity index (χ0v) is 7.96. The zero-order valence-electron chi connectivity index (χ0n) is 7.96. The van der Waals surface area contributed by atoms with Gasteiger partial charge in [0.05, 0.1) is 5.56 Å². The molecule has 14 heavy (non-hydrogen) atoms. The Kier molecular flexibility index (Phi) is 2.02. The van der Waals surface area contributed by atoms with Crippen molar-refractivity contribution in [3.05, 3.63) is 35.1 Å². The summed E-state index contributed by atoms with van der Waals surface area (Å²) in [5.74, 6) is -0.109. The smallest absolute Gasteiger partial charge is 0.251 e. The van der Waals surface area contributed by atoms with Crippen molar-refractivity contribution >= 4 is 5.91 Å². The van der Waals surface area contributed by atoms with Gasteiger partial charge in [-0.2, -0.15) is 0 Å². The van der Waals surface area contributed by atoms with E-state index in [9.17, 15) is 9.18 Å². The molecule has 1 aromatic carbocycles. The third-order valence-electron chi connectivity index (χ3n) is 2.79. The number of hydrogen-bond acceptors (Lipinski definition) is 1. The molecule has 3 heteroatoms. The molecule has 0 radical (unpaired) electrons. The average molecular weight is 193 g/mol. The van der Waals surface area contributed by atoms with Gasteiger partial charge in [0.15, 0.2) is 0 Å². The number of benzene rings is 1. The number of nitrogens with two attached hydrogens (primary N) is 1. The maximum Gasteiger partial charge on any atom is 0.251 e. The van der Waals surface area contributed by atoms with E-state index in [0.29, 0.717) is 11.8 Å². The average Bonchev–Trinajstić information content (AvgIpc) is 2.83. The van der Waals surface area contributed by atoms with E-state index in [2.05, 4.69) is 6.92 Å². The van der Waals surface area contributed by atoms with E-state index in [0.717, 1.165) is 12.0 Å². The Morgan fingerprint density at radius 2 is 2.21 bits per heavy atom. The van der Waals surface area contributed by atoms with Crippen LogP contribution in [-0.4, -0.2) is 5.91 Å². The highest BCUT2D eigenvalue weighted by atomic mass is 19.1. The lowest BCUT2D eigenvalue weighted by Crippen LogP contribution is -2.13. The molecule has 1 aromatic rings. The molecule has 0 saturated heterocycles. The summed E-state index contributed by atoms with van der Waals surface area (Å²) < 4.78 is 13.1. The van der Waals surface area contributed by atoms with Gasteiger partial charge in [0, 0.05) is 0 Å². The van der Waals surface area contributed by atoms with Gasteiger partial charge in [-0.15, -0.1) is 0 Å². The van der Waals surface area contributed by atoms with Crippen LogP contribution in [0.1, 0.15) is 35.2 Å². The van der Waals surface area contributed by atoms with Crippen LogP contribution in [0, 0.1) is 11.7 Å². The van der Waals surface area contributed by atoms with Crippen molar-refractivity contribution in [2.45, 2.75) is 19.3 Å². The van der Waals surface area contributed by atoms with Crippen LogP contribution >= 0.6 is 0 Å². The van der Waals surface area contributed by atoms with Gasteiger partial charge in [-0.05, 0) is 36.0 Å². The number of carbonyl (C=O) groups is 1. The third kappa shape index (κ3) is 1.50. The van der Waals surface area contributed by atoms with Crippen LogP contribution in [0.5, 0.6) is 0 Å². The van der Waals surface area contributed by atoms with Gasteiger partial charge >= 0.3 is 0 Å². The monoisotopic (exact) mass is 193 g/mol. The van der Waals surface area contributed by atoms with Crippen LogP contribution in [0.2, 0.25) is 0 Å². The fraction of sp³-hybridized carbons (Fsp3) is 0.364. The molecule has 1 aliphatic carbocycles. The predicted octanol–water partition coefficient (Wildman–Crippen LogP) is 2.05. The quantitative estimate of drug-likeness (QED) is 0.767. The van der Waals surface area contributed by atoms with Crippen molar-refractivity contribution < 1.29 is 9.18 Å². The summed E-state index contributed by atoms with van der Waals surface area (Å²) in [7, 11) is 0. The molecule has 1 saturated carbocycles. The summed E-state index contributed by atoms with van der Waals surface area (Å²) in [4.78, 5) is 10.9. The van der Waals surface area contributed by atoms with Crippen LogP contribution in [-0.2, 0) is 0 Å². The molecule has 2 nitrogen and oxygen atoms in total. The van der Waals surface area contributed by atoms with Crippen LogP contribution in [0.3, 0.4) is 0 Å². The predicted molar refractivity (Wildman–Crippen MR) is 51.4 cm³/mol. The topological polar surface area (TPSA) is 43.1 Å². The van der Waals surface area contributed by atoms with Gasteiger partial charge in [-0.3, -0.25) is 4.79 Å². The minimum absolute atomic E-state index is 0.00148. The minimum Gasteiger partial charge on any atom is -0.366 e. The Hall–Kier alpha value is -1.38. The molecule has 1 fully saturated rings. The van der Waals surface area contributed by atoms with E-state index in [1.165, 1.54) is 6.07 Å². The number of carbonyl (C=O) groups excluding carboxylic acids is 1. The van der Waals surface area contributed by atoms with E-state index in [1.807, 2.05) is 0 Å². The first kappa shape index (κ1) is 9.19. The van der Waals surface area contributed by atoms with Crippen molar-refractivity contribution in [3.63, 3.8) is 0 Å². The number of halogens is 1. The molecule has 1 amide bonds. The summed E-state index contributed by atoms with van der Waals surface area (Å²) in [6.07, 6.45) is 1.11. The highest BCUT2D eigenvalue weighted by molar-refractivity contribution is 5.93. The van der Waals surface area contributed by atoms with Crippen LogP contribution in [0.25, 0.3) is 0 Å². The summed E-state index contributed by atoms with van der Waals surface area (Å²) in [6.45, 7) is 2.14. The second kappa shape index (κ2) is 3.08. The van der Waals surface area contributed by atoms with E-state index in [1.54, 1.807) is 12.1 Å². The van der Waals surface area contributed by atoms with Gasteiger partial charge in [-0.25, -0.2) is 4.39 Å². The van der Waals surface area contributed by atoms with Gasteiger partial charge in [-0.1, -0.05) is 13.0 Å². The Labute approximate surface area is 81.9 Å². The first-order valence-electron chi connectivity index (χ1n) is 4.69. The molecule has 0 spiro atoms. The number of primary amides is 1. The SMILES string of the molecule is C[C@@H]1C[C@H]1c1ccc(F)c(C(N)=O)c1. The van der Waals surface area contributed by atoms with Gasteiger partial charge in [0.2, 0.25) is 0 Å². The number of rotatable bonds is 2. The fourth-order valence-electron chi connectivity index (χ4n) is 1.75. The van der Waals surface area contributed by atoms with Gasteiger partial charge < -0.3 is 5.73 Å². The molecule has 74 valence electrons. The van der Waals surface area contributed by atoms with Crippen molar-refractivity contribution in [2.75, 3.05) is 0 Å².